The minimum atomic E-state index is 0. The summed E-state index contributed by atoms with van der Waals surface area (Å²) < 4.78 is 0. The molecule has 0 saturated heterocycles. The molecule has 2 N–H and O–H groups in total. The van der Waals surface area contributed by atoms with Gasteiger partial charge in [-0.15, -0.1) is 12.4 Å². The SMILES string of the molecule is Cc1cc(Sc2ncccn2)ccc1NC(=O)CNCC1CC1.Cl. The molecule has 1 fully saturated rings. The molecular formula is C17H21ClN4OS. The molecule has 128 valence electrons. The van der Waals surface area contributed by atoms with Gasteiger partial charge in [0.05, 0.1) is 6.54 Å². The third-order valence-corrected chi connectivity index (χ3v) is 4.52. The first kappa shape index (κ1) is 18.7. The lowest BCUT2D eigenvalue weighted by Gasteiger charge is -2.10. The largest absolute Gasteiger partial charge is 0.325 e. The van der Waals surface area contributed by atoms with Crippen molar-refractivity contribution in [2.75, 3.05) is 18.4 Å². The van der Waals surface area contributed by atoms with Crippen molar-refractivity contribution < 1.29 is 4.79 Å². The fourth-order valence-electron chi connectivity index (χ4n) is 2.19. The van der Waals surface area contributed by atoms with Crippen molar-refractivity contribution in [3.63, 3.8) is 0 Å². The first-order valence-electron chi connectivity index (χ1n) is 7.77. The van der Waals surface area contributed by atoms with Crippen molar-refractivity contribution >= 4 is 35.8 Å². The topological polar surface area (TPSA) is 66.9 Å². The summed E-state index contributed by atoms with van der Waals surface area (Å²) in [6.45, 7) is 3.30. The molecule has 0 spiro atoms. The molecular weight excluding hydrogens is 344 g/mol. The molecule has 0 aliphatic heterocycles. The molecule has 0 unspecified atom stereocenters. The van der Waals surface area contributed by atoms with Gasteiger partial charge in [0.1, 0.15) is 0 Å². The number of aromatic nitrogens is 2. The number of hydrogen-bond acceptors (Lipinski definition) is 5. The molecule has 1 saturated carbocycles. The van der Waals surface area contributed by atoms with E-state index in [4.69, 9.17) is 0 Å². The molecule has 0 atom stereocenters. The van der Waals surface area contributed by atoms with E-state index in [1.165, 1.54) is 24.6 Å². The third-order valence-electron chi connectivity index (χ3n) is 3.64. The third kappa shape index (κ3) is 5.78. The van der Waals surface area contributed by atoms with E-state index < -0.39 is 0 Å². The van der Waals surface area contributed by atoms with E-state index in [0.29, 0.717) is 11.7 Å². The first-order valence-corrected chi connectivity index (χ1v) is 8.58. The lowest BCUT2D eigenvalue weighted by Crippen LogP contribution is -2.29. The Kier molecular flexibility index (Phi) is 7.02. The number of rotatable bonds is 7. The first-order chi connectivity index (χ1) is 11.2. The highest BCUT2D eigenvalue weighted by Gasteiger charge is 2.20. The Hall–Kier alpha value is -1.63. The van der Waals surface area contributed by atoms with E-state index in [1.807, 2.05) is 25.1 Å². The summed E-state index contributed by atoms with van der Waals surface area (Å²) in [6.07, 6.45) is 6.03. The normalized spacial score (nSPS) is 13.2. The van der Waals surface area contributed by atoms with Crippen molar-refractivity contribution in [2.24, 2.45) is 5.92 Å². The lowest BCUT2D eigenvalue weighted by atomic mass is 10.2. The number of nitrogens with zero attached hydrogens (tertiary/aromatic N) is 2. The lowest BCUT2D eigenvalue weighted by molar-refractivity contribution is -0.115. The second kappa shape index (κ2) is 9.01. The average Bonchev–Trinajstić information content (AvgIpc) is 3.35. The van der Waals surface area contributed by atoms with Gasteiger partial charge in [0.25, 0.3) is 0 Å². The van der Waals surface area contributed by atoms with Gasteiger partial charge in [-0.2, -0.15) is 0 Å². The summed E-state index contributed by atoms with van der Waals surface area (Å²) in [6, 6.07) is 7.74. The smallest absolute Gasteiger partial charge is 0.238 e. The number of halogens is 1. The molecule has 5 nitrogen and oxygen atoms in total. The quantitative estimate of drug-likeness (QED) is 0.738. The van der Waals surface area contributed by atoms with Crippen LogP contribution in [0.3, 0.4) is 0 Å². The highest BCUT2D eigenvalue weighted by molar-refractivity contribution is 7.99. The minimum Gasteiger partial charge on any atom is -0.325 e. The van der Waals surface area contributed by atoms with Gasteiger partial charge in [-0.1, -0.05) is 0 Å². The number of carbonyl (C=O) groups is 1. The molecule has 0 bridgehead atoms. The number of benzene rings is 1. The van der Waals surface area contributed by atoms with E-state index in [0.717, 1.165) is 28.6 Å². The van der Waals surface area contributed by atoms with E-state index >= 15 is 0 Å². The number of nitrogens with one attached hydrogen (secondary N) is 2. The number of hydrogen-bond donors (Lipinski definition) is 2. The highest BCUT2D eigenvalue weighted by atomic mass is 35.5. The van der Waals surface area contributed by atoms with E-state index in [2.05, 4.69) is 20.6 Å². The van der Waals surface area contributed by atoms with Crippen molar-refractivity contribution in [1.29, 1.82) is 0 Å². The monoisotopic (exact) mass is 364 g/mol. The van der Waals surface area contributed by atoms with E-state index in [9.17, 15) is 4.79 Å². The Morgan fingerprint density at radius 2 is 2.04 bits per heavy atom. The number of carbonyl (C=O) groups excluding carboxylic acids is 1. The van der Waals surface area contributed by atoms with Crippen LogP contribution in [0.5, 0.6) is 0 Å². The van der Waals surface area contributed by atoms with Crippen LogP contribution in [0, 0.1) is 12.8 Å². The maximum Gasteiger partial charge on any atom is 0.238 e. The molecule has 7 heteroatoms. The van der Waals surface area contributed by atoms with Gasteiger partial charge < -0.3 is 10.6 Å². The van der Waals surface area contributed by atoms with Gasteiger partial charge in [0.2, 0.25) is 5.91 Å². The van der Waals surface area contributed by atoms with Gasteiger partial charge in [-0.05, 0) is 73.8 Å². The molecule has 3 rings (SSSR count). The number of anilines is 1. The molecule has 1 aliphatic carbocycles. The minimum absolute atomic E-state index is 0. The van der Waals surface area contributed by atoms with Crippen LogP contribution in [-0.2, 0) is 4.79 Å². The van der Waals surface area contributed by atoms with Crippen molar-refractivity contribution in [3.8, 4) is 0 Å². The van der Waals surface area contributed by atoms with Crippen LogP contribution >= 0.6 is 24.2 Å². The number of aryl methyl sites for hydroxylation is 1. The summed E-state index contributed by atoms with van der Waals surface area (Å²) in [5.41, 5.74) is 1.88. The van der Waals surface area contributed by atoms with Crippen molar-refractivity contribution in [2.45, 2.75) is 29.8 Å². The van der Waals surface area contributed by atoms with Gasteiger partial charge in [-0.3, -0.25) is 4.79 Å². The predicted octanol–water partition coefficient (Wildman–Crippen LogP) is 3.30. The van der Waals surface area contributed by atoms with Crippen molar-refractivity contribution in [3.05, 3.63) is 42.2 Å². The maximum atomic E-state index is 11.9. The molecule has 1 aromatic carbocycles. The molecule has 1 heterocycles. The van der Waals surface area contributed by atoms with Gasteiger partial charge >= 0.3 is 0 Å². The van der Waals surface area contributed by atoms with Crippen LogP contribution in [0.2, 0.25) is 0 Å². The second-order valence-electron chi connectivity index (χ2n) is 5.73. The fourth-order valence-corrected chi connectivity index (χ4v) is 3.00. The highest BCUT2D eigenvalue weighted by Crippen LogP contribution is 2.28. The molecule has 2 aromatic rings. The average molecular weight is 365 g/mol. The molecule has 0 radical (unpaired) electrons. The summed E-state index contributed by atoms with van der Waals surface area (Å²) in [5.74, 6) is 0.779. The van der Waals surface area contributed by atoms with Crippen LogP contribution in [0.25, 0.3) is 0 Å². The Labute approximate surface area is 152 Å². The summed E-state index contributed by atoms with van der Waals surface area (Å²) in [4.78, 5) is 21.4. The maximum absolute atomic E-state index is 11.9. The molecule has 1 amide bonds. The zero-order valence-corrected chi connectivity index (χ0v) is 15.1. The van der Waals surface area contributed by atoms with Crippen LogP contribution in [0.1, 0.15) is 18.4 Å². The fraction of sp³-hybridized carbons (Fsp3) is 0.353. The van der Waals surface area contributed by atoms with Crippen LogP contribution in [-0.4, -0.2) is 29.0 Å². The summed E-state index contributed by atoms with van der Waals surface area (Å²) in [7, 11) is 0. The second-order valence-corrected chi connectivity index (χ2v) is 6.77. The van der Waals surface area contributed by atoms with Gasteiger partial charge in [0.15, 0.2) is 5.16 Å². The molecule has 24 heavy (non-hydrogen) atoms. The van der Waals surface area contributed by atoms with E-state index in [-0.39, 0.29) is 18.3 Å². The zero-order valence-electron chi connectivity index (χ0n) is 13.5. The van der Waals surface area contributed by atoms with E-state index in [1.54, 1.807) is 18.5 Å². The molecule has 1 aliphatic rings. The van der Waals surface area contributed by atoms with Gasteiger partial charge in [0, 0.05) is 23.0 Å². The Morgan fingerprint density at radius 3 is 2.71 bits per heavy atom. The standard InChI is InChI=1S/C17H20N4OS.ClH/c1-12-9-14(23-17-19-7-2-8-20-17)5-6-15(12)21-16(22)11-18-10-13-3-4-13;/h2,5-9,13,18H,3-4,10-11H2,1H3,(H,21,22);1H. The predicted molar refractivity (Wildman–Crippen MR) is 98.8 cm³/mol. The van der Waals surface area contributed by atoms with Crippen LogP contribution in [0.15, 0.2) is 46.7 Å². The Balaban J connectivity index is 0.00000208. The molecule has 1 aromatic heterocycles. The zero-order chi connectivity index (χ0) is 16.1. The number of amides is 1. The Bertz CT molecular complexity index is 680. The summed E-state index contributed by atoms with van der Waals surface area (Å²) in [5, 5.41) is 6.87. The van der Waals surface area contributed by atoms with Crippen molar-refractivity contribution in [1.82, 2.24) is 15.3 Å². The van der Waals surface area contributed by atoms with Gasteiger partial charge in [-0.25, -0.2) is 9.97 Å². The van der Waals surface area contributed by atoms with Crippen LogP contribution < -0.4 is 10.6 Å². The summed E-state index contributed by atoms with van der Waals surface area (Å²) >= 11 is 1.51. The Morgan fingerprint density at radius 1 is 1.29 bits per heavy atom. The van der Waals surface area contributed by atoms with Crippen LogP contribution in [0.4, 0.5) is 5.69 Å².